The van der Waals surface area contributed by atoms with Crippen LogP contribution in [0.25, 0.3) is 0 Å². The zero-order valence-corrected chi connectivity index (χ0v) is 13.1. The molecule has 2 rings (SSSR count). The highest BCUT2D eigenvalue weighted by Gasteiger charge is 2.63. The van der Waals surface area contributed by atoms with E-state index in [1.807, 2.05) is 0 Å². The van der Waals surface area contributed by atoms with E-state index in [1.54, 1.807) is 20.8 Å². The maximum absolute atomic E-state index is 12.6. The zero-order valence-electron chi connectivity index (χ0n) is 13.1. The first kappa shape index (κ1) is 16.4. The summed E-state index contributed by atoms with van der Waals surface area (Å²) in [5, 5.41) is 2.43. The van der Waals surface area contributed by atoms with Crippen LogP contribution < -0.4 is 5.32 Å². The first-order chi connectivity index (χ1) is 10.1. The Hall–Kier alpha value is -1.96. The van der Waals surface area contributed by atoms with E-state index in [0.717, 1.165) is 0 Å². The van der Waals surface area contributed by atoms with Gasteiger partial charge in [0, 0.05) is 13.0 Å². The van der Waals surface area contributed by atoms with Crippen LogP contribution in [0.2, 0.25) is 0 Å². The number of hydrogen-bond donors (Lipinski definition) is 1. The number of carbonyl (C=O) groups excluding carboxylic acids is 4. The highest BCUT2D eigenvalue weighted by molar-refractivity contribution is 6.13. The predicted octanol–water partition coefficient (Wildman–Crippen LogP) is -0.639. The molecule has 0 radical (unpaired) electrons. The Balaban J connectivity index is 2.43. The Morgan fingerprint density at radius 1 is 1.32 bits per heavy atom. The molecule has 2 saturated heterocycles. The average molecular weight is 312 g/mol. The van der Waals surface area contributed by atoms with Crippen molar-refractivity contribution in [1.29, 1.82) is 0 Å². The van der Waals surface area contributed by atoms with E-state index in [9.17, 15) is 19.2 Å². The molecular formula is C14H20N2O6. The molecule has 0 spiro atoms. The van der Waals surface area contributed by atoms with Gasteiger partial charge in [0.1, 0.15) is 11.6 Å². The largest absolute Gasteiger partial charge is 0.468 e. The summed E-state index contributed by atoms with van der Waals surface area (Å²) in [4.78, 5) is 50.2. The number of nitrogens with one attached hydrogen (secondary N) is 1. The van der Waals surface area contributed by atoms with Gasteiger partial charge in [-0.05, 0) is 20.8 Å². The Labute approximate surface area is 128 Å². The normalized spacial score (nSPS) is 28.8. The number of amides is 1. The number of rotatable bonds is 2. The fourth-order valence-corrected chi connectivity index (χ4v) is 2.78. The zero-order chi connectivity index (χ0) is 16.7. The maximum Gasteiger partial charge on any atom is 0.356 e. The fourth-order valence-electron chi connectivity index (χ4n) is 2.78. The molecule has 2 heterocycles. The number of carbonyl (C=O) groups is 4. The Morgan fingerprint density at radius 3 is 2.50 bits per heavy atom. The lowest BCUT2D eigenvalue weighted by Crippen LogP contribution is -2.74. The third-order valence-electron chi connectivity index (χ3n) is 3.66. The van der Waals surface area contributed by atoms with Crippen molar-refractivity contribution in [3.8, 4) is 0 Å². The Bertz CT molecular complexity index is 538. The van der Waals surface area contributed by atoms with Crippen LogP contribution in [-0.2, 0) is 28.7 Å². The standard InChI is InChI=1S/C14H20N2O6/c1-13(2,3)22-12(20)14-9(17)5-6-16(14)8(11(19)21-4)7-10(18)15-14/h8H,5-7H2,1-4H3,(H,15,18)/t8-,14?/m0/s1. The second-order valence-corrected chi connectivity index (χ2v) is 6.37. The molecule has 0 aliphatic carbocycles. The lowest BCUT2D eigenvalue weighted by Gasteiger charge is -2.43. The highest BCUT2D eigenvalue weighted by Crippen LogP contribution is 2.33. The summed E-state index contributed by atoms with van der Waals surface area (Å²) in [5.41, 5.74) is -2.76. The molecule has 0 aromatic rings. The summed E-state index contributed by atoms with van der Waals surface area (Å²) in [6.45, 7) is 5.16. The molecule has 2 fully saturated rings. The second-order valence-electron chi connectivity index (χ2n) is 6.37. The molecule has 22 heavy (non-hydrogen) atoms. The van der Waals surface area contributed by atoms with Crippen molar-refractivity contribution < 1.29 is 28.7 Å². The minimum Gasteiger partial charge on any atom is -0.468 e. The van der Waals surface area contributed by atoms with Gasteiger partial charge in [0.05, 0.1) is 13.5 Å². The van der Waals surface area contributed by atoms with Crippen molar-refractivity contribution in [3.63, 3.8) is 0 Å². The number of fused-ring (bicyclic) bond motifs is 1. The number of hydrogen-bond acceptors (Lipinski definition) is 7. The van der Waals surface area contributed by atoms with Gasteiger partial charge in [0.15, 0.2) is 5.78 Å². The Morgan fingerprint density at radius 2 is 1.95 bits per heavy atom. The van der Waals surface area contributed by atoms with Crippen LogP contribution in [0, 0.1) is 0 Å². The van der Waals surface area contributed by atoms with Crippen LogP contribution in [0.1, 0.15) is 33.6 Å². The van der Waals surface area contributed by atoms with E-state index in [-0.39, 0.29) is 19.4 Å². The van der Waals surface area contributed by atoms with E-state index in [0.29, 0.717) is 0 Å². The number of ether oxygens (including phenoxy) is 2. The smallest absolute Gasteiger partial charge is 0.356 e. The van der Waals surface area contributed by atoms with Crippen molar-refractivity contribution in [2.45, 2.75) is 50.9 Å². The first-order valence-electron chi connectivity index (χ1n) is 7.04. The summed E-state index contributed by atoms with van der Waals surface area (Å²) in [5.74, 6) is -2.57. The molecule has 0 aromatic carbocycles. The molecule has 2 aliphatic heterocycles. The van der Waals surface area contributed by atoms with Crippen molar-refractivity contribution in [3.05, 3.63) is 0 Å². The van der Waals surface area contributed by atoms with Crippen LogP contribution >= 0.6 is 0 Å². The van der Waals surface area contributed by atoms with Gasteiger partial charge in [0.2, 0.25) is 5.91 Å². The van der Waals surface area contributed by atoms with Gasteiger partial charge in [-0.1, -0.05) is 0 Å². The van der Waals surface area contributed by atoms with Gasteiger partial charge in [-0.3, -0.25) is 19.3 Å². The van der Waals surface area contributed by atoms with Gasteiger partial charge in [0.25, 0.3) is 5.66 Å². The first-order valence-corrected chi connectivity index (χ1v) is 7.04. The fraction of sp³-hybridized carbons (Fsp3) is 0.714. The third kappa shape index (κ3) is 2.58. The lowest BCUT2D eigenvalue weighted by atomic mass is 9.97. The van der Waals surface area contributed by atoms with Crippen molar-refractivity contribution in [1.82, 2.24) is 10.2 Å². The maximum atomic E-state index is 12.6. The number of methoxy groups -OCH3 is 1. The van der Waals surface area contributed by atoms with Gasteiger partial charge < -0.3 is 14.8 Å². The number of esters is 2. The van der Waals surface area contributed by atoms with Crippen LogP contribution in [0.15, 0.2) is 0 Å². The molecule has 8 nitrogen and oxygen atoms in total. The van der Waals surface area contributed by atoms with Crippen molar-refractivity contribution in [2.24, 2.45) is 0 Å². The number of Topliss-reactive ketones (excluding diaryl/α,β-unsaturated/α-hetero) is 1. The highest BCUT2D eigenvalue weighted by atomic mass is 16.6. The van der Waals surface area contributed by atoms with E-state index in [4.69, 9.17) is 4.74 Å². The summed E-state index contributed by atoms with van der Waals surface area (Å²) in [6.07, 6.45) is -0.114. The topological polar surface area (TPSA) is 102 Å². The second kappa shape index (κ2) is 5.35. The molecule has 0 saturated carbocycles. The monoisotopic (exact) mass is 312 g/mol. The molecule has 122 valence electrons. The van der Waals surface area contributed by atoms with Crippen LogP contribution in [0.3, 0.4) is 0 Å². The molecule has 2 atom stereocenters. The molecule has 8 heteroatoms. The molecule has 0 aromatic heterocycles. The summed E-state index contributed by atoms with van der Waals surface area (Å²) < 4.78 is 9.98. The minimum atomic E-state index is -1.93. The van der Waals surface area contributed by atoms with Gasteiger partial charge in [-0.2, -0.15) is 0 Å². The summed E-state index contributed by atoms with van der Waals surface area (Å²) in [6, 6.07) is -0.974. The van der Waals surface area contributed by atoms with Gasteiger partial charge >= 0.3 is 11.9 Å². The molecule has 1 unspecified atom stereocenters. The van der Waals surface area contributed by atoms with E-state index < -0.39 is 40.9 Å². The number of nitrogens with zero attached hydrogens (tertiary/aromatic N) is 1. The molecule has 0 bridgehead atoms. The molecule has 1 amide bonds. The van der Waals surface area contributed by atoms with Gasteiger partial charge in [-0.25, -0.2) is 4.79 Å². The quantitative estimate of drug-likeness (QED) is 0.534. The SMILES string of the molecule is COC(=O)[C@@H]1CC(=O)NC2(C(=O)OC(C)(C)C)C(=O)CCN12. The molecule has 1 N–H and O–H groups in total. The van der Waals surface area contributed by atoms with E-state index in [2.05, 4.69) is 10.1 Å². The molecule has 2 aliphatic rings. The lowest BCUT2D eigenvalue weighted by molar-refractivity contribution is -0.182. The average Bonchev–Trinajstić information content (AvgIpc) is 2.74. The number of ketones is 1. The predicted molar refractivity (Wildman–Crippen MR) is 73.5 cm³/mol. The van der Waals surface area contributed by atoms with Crippen molar-refractivity contribution in [2.75, 3.05) is 13.7 Å². The molecular weight excluding hydrogens is 292 g/mol. The van der Waals surface area contributed by atoms with E-state index in [1.165, 1.54) is 12.0 Å². The summed E-state index contributed by atoms with van der Waals surface area (Å²) in [7, 11) is 1.20. The minimum absolute atomic E-state index is 0.0486. The van der Waals surface area contributed by atoms with Crippen LogP contribution in [0.4, 0.5) is 0 Å². The third-order valence-corrected chi connectivity index (χ3v) is 3.66. The Kier molecular flexibility index (Phi) is 3.99. The van der Waals surface area contributed by atoms with Crippen LogP contribution in [-0.4, -0.2) is 59.5 Å². The van der Waals surface area contributed by atoms with E-state index >= 15 is 0 Å². The summed E-state index contributed by atoms with van der Waals surface area (Å²) >= 11 is 0. The van der Waals surface area contributed by atoms with Gasteiger partial charge in [-0.15, -0.1) is 0 Å². The van der Waals surface area contributed by atoms with Crippen LogP contribution in [0.5, 0.6) is 0 Å². The van der Waals surface area contributed by atoms with Crippen molar-refractivity contribution >= 4 is 23.6 Å².